The molecule has 1 N–H and O–H groups in total. The second-order valence-corrected chi connectivity index (χ2v) is 22.2. The molecule has 0 amide bonds. The van der Waals surface area contributed by atoms with Gasteiger partial charge in [0.15, 0.2) is 5.78 Å². The number of carbonyl (C=O) groups is 4. The van der Waals surface area contributed by atoms with Gasteiger partial charge in [-0.05, 0) is 136 Å². The van der Waals surface area contributed by atoms with Crippen LogP contribution in [-0.4, -0.2) is 84.5 Å². The van der Waals surface area contributed by atoms with E-state index in [1.165, 1.54) is 18.1 Å². The lowest BCUT2D eigenvalue weighted by molar-refractivity contribution is -0.235. The maximum absolute atomic E-state index is 14.6. The Morgan fingerprint density at radius 2 is 1.56 bits per heavy atom. The molecule has 2 unspecified atom stereocenters. The maximum Gasteiger partial charge on any atom is 0.309 e. The van der Waals surface area contributed by atoms with E-state index in [4.69, 9.17) is 9.47 Å². The third kappa shape index (κ3) is 7.98. The number of carboxylic acids is 1. The molecule has 59 heavy (non-hydrogen) atoms. The van der Waals surface area contributed by atoms with Gasteiger partial charge >= 0.3 is 17.9 Å². The Morgan fingerprint density at radius 1 is 0.881 bits per heavy atom. The van der Waals surface area contributed by atoms with Gasteiger partial charge in [0.2, 0.25) is 0 Å². The van der Waals surface area contributed by atoms with Crippen molar-refractivity contribution in [1.82, 2.24) is 9.80 Å². The highest BCUT2D eigenvalue weighted by Crippen LogP contribution is 2.77. The number of carboxylic acid groups (broad SMARTS) is 1. The van der Waals surface area contributed by atoms with Crippen molar-refractivity contribution in [1.29, 1.82) is 0 Å². The molecule has 6 rings (SSSR count). The number of nitrogens with zero attached hydrogens (tertiary/aromatic N) is 2. The van der Waals surface area contributed by atoms with Crippen LogP contribution in [0.15, 0.2) is 41.5 Å². The molecule has 5 aliphatic carbocycles. The molecule has 4 saturated carbocycles. The van der Waals surface area contributed by atoms with Gasteiger partial charge in [0.05, 0.1) is 11.8 Å². The Morgan fingerprint density at radius 3 is 2.17 bits per heavy atom. The standard InChI is InChI=1S/C50H76N2O7/c1-32(2)42-36(54)28-50(40(58-33(3)53)31-52(27-26-51(11)12)30-34-16-14-13-15-17-34)25-24-48(9)35(43(42)50)18-19-38-47(8)22-21-39(59-41(55)29-45(4,5)44(56)57)46(6,7)37(47)20-23-49(38,48)10/h13-17,32,35,37-40H,18-31H2,1-12H3,(H,56,57)/t35-,37+,38-,39+,40?,47+,48-,49-,50?/m1/s1. The lowest BCUT2D eigenvalue weighted by atomic mass is 9.33. The van der Waals surface area contributed by atoms with Crippen LogP contribution in [-0.2, 0) is 35.2 Å². The van der Waals surface area contributed by atoms with Crippen LogP contribution in [0.25, 0.3) is 0 Å². The Bertz CT molecular complexity index is 1800. The summed E-state index contributed by atoms with van der Waals surface area (Å²) in [4.78, 5) is 57.4. The van der Waals surface area contributed by atoms with Gasteiger partial charge in [0.1, 0.15) is 12.2 Å². The number of likely N-dealkylation sites (N-methyl/N-ethyl adjacent to an activating group) is 1. The summed E-state index contributed by atoms with van der Waals surface area (Å²) >= 11 is 0. The zero-order chi connectivity index (χ0) is 43.5. The van der Waals surface area contributed by atoms with Gasteiger partial charge in [-0.1, -0.05) is 78.8 Å². The van der Waals surface area contributed by atoms with E-state index in [2.05, 4.69) is 96.6 Å². The number of aliphatic carboxylic acids is 1. The minimum Gasteiger partial charge on any atom is -0.481 e. The number of rotatable bonds is 14. The molecule has 5 aliphatic rings. The van der Waals surface area contributed by atoms with Crippen molar-refractivity contribution in [3.63, 3.8) is 0 Å². The van der Waals surface area contributed by atoms with Crippen LogP contribution < -0.4 is 0 Å². The Labute approximate surface area is 355 Å². The van der Waals surface area contributed by atoms with E-state index in [1.807, 2.05) is 6.07 Å². The lowest BCUT2D eigenvalue weighted by Crippen LogP contribution is -2.66. The Balaban J connectivity index is 1.33. The number of carbonyl (C=O) groups excluding carboxylic acids is 3. The monoisotopic (exact) mass is 817 g/mol. The first-order chi connectivity index (χ1) is 27.4. The van der Waals surface area contributed by atoms with Gasteiger partial charge in [0, 0.05) is 50.4 Å². The summed E-state index contributed by atoms with van der Waals surface area (Å²) in [7, 11) is 4.18. The van der Waals surface area contributed by atoms with Gasteiger partial charge in [-0.3, -0.25) is 24.1 Å². The van der Waals surface area contributed by atoms with Crippen LogP contribution in [0.3, 0.4) is 0 Å². The molecule has 9 atom stereocenters. The van der Waals surface area contributed by atoms with Gasteiger partial charge in [-0.15, -0.1) is 0 Å². The molecule has 0 heterocycles. The van der Waals surface area contributed by atoms with E-state index in [9.17, 15) is 24.3 Å². The molecule has 1 aromatic carbocycles. The number of benzene rings is 1. The van der Waals surface area contributed by atoms with E-state index in [1.54, 1.807) is 13.8 Å². The molecule has 9 nitrogen and oxygen atoms in total. The molecule has 4 fully saturated rings. The number of hydrogen-bond donors (Lipinski definition) is 1. The van der Waals surface area contributed by atoms with E-state index < -0.39 is 28.9 Å². The summed E-state index contributed by atoms with van der Waals surface area (Å²) in [5.74, 6) is -0.368. The summed E-state index contributed by atoms with van der Waals surface area (Å²) < 4.78 is 12.7. The smallest absolute Gasteiger partial charge is 0.309 e. The zero-order valence-corrected chi connectivity index (χ0v) is 38.5. The highest BCUT2D eigenvalue weighted by atomic mass is 16.5. The third-order valence-electron chi connectivity index (χ3n) is 17.3. The van der Waals surface area contributed by atoms with Crippen molar-refractivity contribution >= 4 is 23.7 Å². The molecule has 0 saturated heterocycles. The minimum absolute atomic E-state index is 0.0150. The number of ether oxygens (including phenoxy) is 2. The van der Waals surface area contributed by atoms with Gasteiger partial charge in [0.25, 0.3) is 0 Å². The molecule has 1 aromatic rings. The minimum atomic E-state index is -1.18. The summed E-state index contributed by atoms with van der Waals surface area (Å²) in [5.41, 5.74) is 1.54. The molecule has 9 heteroatoms. The van der Waals surface area contributed by atoms with E-state index >= 15 is 0 Å². The van der Waals surface area contributed by atoms with E-state index in [0.717, 1.165) is 76.6 Å². The van der Waals surface area contributed by atoms with E-state index in [-0.39, 0.29) is 57.8 Å². The summed E-state index contributed by atoms with van der Waals surface area (Å²) in [6, 6.07) is 10.5. The fourth-order valence-corrected chi connectivity index (χ4v) is 14.1. The van der Waals surface area contributed by atoms with Crippen LogP contribution in [0, 0.1) is 56.2 Å². The van der Waals surface area contributed by atoms with Gasteiger partial charge < -0.3 is 19.5 Å². The Kier molecular flexibility index (Phi) is 12.6. The predicted octanol–water partition coefficient (Wildman–Crippen LogP) is 9.38. The average molecular weight is 817 g/mol. The van der Waals surface area contributed by atoms with Crippen molar-refractivity contribution in [3.8, 4) is 0 Å². The maximum atomic E-state index is 14.6. The summed E-state index contributed by atoms with van der Waals surface area (Å²) in [6.45, 7) is 24.2. The lowest BCUT2D eigenvalue weighted by Gasteiger charge is -2.72. The molecule has 0 aromatic heterocycles. The van der Waals surface area contributed by atoms with Crippen molar-refractivity contribution in [2.24, 2.45) is 56.2 Å². The van der Waals surface area contributed by atoms with Crippen molar-refractivity contribution in [2.75, 3.05) is 33.7 Å². The predicted molar refractivity (Wildman–Crippen MR) is 231 cm³/mol. The first kappa shape index (κ1) is 45.5. The Hall–Kier alpha value is -3.04. The van der Waals surface area contributed by atoms with Crippen LogP contribution in [0.5, 0.6) is 0 Å². The van der Waals surface area contributed by atoms with Crippen LogP contribution in [0.4, 0.5) is 0 Å². The fourth-order valence-electron chi connectivity index (χ4n) is 14.1. The molecule has 0 radical (unpaired) electrons. The molecule has 0 aliphatic heterocycles. The van der Waals surface area contributed by atoms with Crippen molar-refractivity contribution < 1.29 is 33.8 Å². The number of hydrogen-bond acceptors (Lipinski definition) is 8. The average Bonchev–Trinajstić information content (AvgIpc) is 3.45. The second kappa shape index (κ2) is 16.3. The SMILES string of the molecule is CC(=O)OC(CN(CCN(C)C)Cc1ccccc1)C12CC[C@]3(C)[C@H](CC[C@@H]4[C@@]5(C)CC[C@H](OC(=O)CC(C)(C)C(=O)O)C(C)(C)[C@@H]5CC[C@]43C)C1=C(C(C)C)C(=O)C2. The quantitative estimate of drug-likeness (QED) is 0.184. The second-order valence-electron chi connectivity index (χ2n) is 22.2. The largest absolute Gasteiger partial charge is 0.481 e. The summed E-state index contributed by atoms with van der Waals surface area (Å²) in [6.07, 6.45) is 7.26. The normalized spacial score (nSPS) is 34.5. The number of esters is 2. The van der Waals surface area contributed by atoms with Crippen LogP contribution in [0.1, 0.15) is 139 Å². The third-order valence-corrected chi connectivity index (χ3v) is 17.3. The first-order valence-electron chi connectivity index (χ1n) is 22.7. The number of allylic oxidation sites excluding steroid dienone is 1. The first-order valence-corrected chi connectivity index (χ1v) is 22.7. The number of Topliss-reactive ketones (excluding diaryl/α,β-unsaturated/α-hetero) is 1. The summed E-state index contributed by atoms with van der Waals surface area (Å²) in [5, 5.41) is 9.67. The highest BCUT2D eigenvalue weighted by molar-refractivity contribution is 6.01. The number of ketones is 1. The molecule has 0 bridgehead atoms. The topological polar surface area (TPSA) is 113 Å². The highest BCUT2D eigenvalue weighted by Gasteiger charge is 2.71. The fraction of sp³-hybridized carbons (Fsp3) is 0.760. The van der Waals surface area contributed by atoms with Gasteiger partial charge in [-0.2, -0.15) is 0 Å². The molecular formula is C50H76N2O7. The zero-order valence-electron chi connectivity index (χ0n) is 38.5. The molecular weight excluding hydrogens is 741 g/mol. The van der Waals surface area contributed by atoms with Gasteiger partial charge in [-0.25, -0.2) is 0 Å². The molecule has 328 valence electrons. The van der Waals surface area contributed by atoms with Crippen molar-refractivity contribution in [2.45, 2.75) is 152 Å². The van der Waals surface area contributed by atoms with Crippen molar-refractivity contribution in [3.05, 3.63) is 47.0 Å². The number of fused-ring (bicyclic) bond motifs is 7. The molecule has 0 spiro atoms. The van der Waals surface area contributed by atoms with Crippen LogP contribution in [0.2, 0.25) is 0 Å². The van der Waals surface area contributed by atoms with E-state index in [0.29, 0.717) is 24.8 Å². The van der Waals surface area contributed by atoms with Crippen LogP contribution >= 0.6 is 0 Å².